The molecule has 32 heavy (non-hydrogen) atoms. The van der Waals surface area contributed by atoms with E-state index in [2.05, 4.69) is 15.3 Å². The predicted octanol–water partition coefficient (Wildman–Crippen LogP) is 2.59. The van der Waals surface area contributed by atoms with Crippen molar-refractivity contribution in [2.75, 3.05) is 5.32 Å². The van der Waals surface area contributed by atoms with Crippen LogP contribution in [-0.2, 0) is 6.54 Å². The number of fused-ring (bicyclic) bond motifs is 2. The third-order valence-corrected chi connectivity index (χ3v) is 5.81. The monoisotopic (exact) mass is 443 g/mol. The summed E-state index contributed by atoms with van der Waals surface area (Å²) in [5.41, 5.74) is 2.26. The predicted molar refractivity (Wildman–Crippen MR) is 121 cm³/mol. The lowest BCUT2D eigenvalue weighted by molar-refractivity contribution is 0.102. The highest BCUT2D eigenvalue weighted by Gasteiger charge is 2.19. The molecule has 0 aliphatic heterocycles. The summed E-state index contributed by atoms with van der Waals surface area (Å²) in [6.07, 6.45) is 6.54. The molecule has 10 heteroatoms. The minimum atomic E-state index is -0.510. The lowest BCUT2D eigenvalue weighted by Gasteiger charge is -2.15. The average Bonchev–Trinajstić information content (AvgIpc) is 3.30. The van der Waals surface area contributed by atoms with Gasteiger partial charge in [0.15, 0.2) is 5.13 Å². The molecule has 0 radical (unpaired) electrons. The number of amides is 1. The van der Waals surface area contributed by atoms with Crippen molar-refractivity contribution in [3.05, 3.63) is 93.0 Å². The molecule has 158 valence electrons. The summed E-state index contributed by atoms with van der Waals surface area (Å²) in [6.45, 7) is 2.13. The molecule has 1 amide bonds. The zero-order valence-electron chi connectivity index (χ0n) is 16.9. The van der Waals surface area contributed by atoms with Crippen LogP contribution in [0.3, 0.4) is 0 Å². The zero-order chi connectivity index (χ0) is 22.2. The maximum atomic E-state index is 13.3. The number of hydrogen-bond acceptors (Lipinski definition) is 7. The van der Waals surface area contributed by atoms with Crippen LogP contribution in [0.5, 0.6) is 0 Å². The van der Waals surface area contributed by atoms with Gasteiger partial charge in [0.1, 0.15) is 16.8 Å². The Bertz CT molecular complexity index is 1590. The quantitative estimate of drug-likeness (QED) is 0.414. The molecule has 0 aliphatic rings. The molecule has 0 spiro atoms. The number of carbonyl (C=O) groups excluding carboxylic acids is 1. The van der Waals surface area contributed by atoms with Gasteiger partial charge in [0.25, 0.3) is 11.5 Å². The summed E-state index contributed by atoms with van der Waals surface area (Å²) >= 11 is 1.27. The van der Waals surface area contributed by atoms with E-state index >= 15 is 0 Å². The number of rotatable bonds is 4. The van der Waals surface area contributed by atoms with E-state index in [1.54, 1.807) is 40.8 Å². The minimum absolute atomic E-state index is 0.0480. The molecule has 5 rings (SSSR count). The molecule has 5 aromatic heterocycles. The van der Waals surface area contributed by atoms with Crippen molar-refractivity contribution in [1.29, 1.82) is 5.41 Å². The van der Waals surface area contributed by atoms with Gasteiger partial charge >= 0.3 is 0 Å². The standard InChI is InChI=1S/C22H17N7O2S/c1-13-3-2-9-28-18(13)26-19-16(21(28)31)11-15(20(30)27-22-25-8-10-32-22)17(23)29(19)12-14-4-6-24-7-5-14/h2-11,23H,12H2,1H3,(H,25,27,30). The van der Waals surface area contributed by atoms with Crippen molar-refractivity contribution in [3.63, 3.8) is 0 Å². The van der Waals surface area contributed by atoms with Crippen LogP contribution in [0, 0.1) is 12.3 Å². The van der Waals surface area contributed by atoms with Gasteiger partial charge in [0, 0.05) is 30.2 Å². The van der Waals surface area contributed by atoms with Crippen molar-refractivity contribution in [2.24, 2.45) is 0 Å². The summed E-state index contributed by atoms with van der Waals surface area (Å²) in [7, 11) is 0. The molecule has 0 aromatic carbocycles. The van der Waals surface area contributed by atoms with Crippen molar-refractivity contribution >= 4 is 39.1 Å². The highest BCUT2D eigenvalue weighted by molar-refractivity contribution is 7.13. The fourth-order valence-corrected chi connectivity index (χ4v) is 4.07. The number of nitrogens with zero attached hydrogens (tertiary/aromatic N) is 5. The van der Waals surface area contributed by atoms with Crippen LogP contribution in [-0.4, -0.2) is 29.8 Å². The fraction of sp³-hybridized carbons (Fsp3) is 0.0909. The first-order valence-electron chi connectivity index (χ1n) is 9.73. The van der Waals surface area contributed by atoms with Gasteiger partial charge < -0.3 is 4.57 Å². The first-order chi connectivity index (χ1) is 15.5. The lowest BCUT2D eigenvalue weighted by atomic mass is 10.1. The van der Waals surface area contributed by atoms with E-state index in [4.69, 9.17) is 10.4 Å². The second-order valence-corrected chi connectivity index (χ2v) is 8.07. The molecule has 9 nitrogen and oxygen atoms in total. The number of nitrogens with one attached hydrogen (secondary N) is 2. The third-order valence-electron chi connectivity index (χ3n) is 5.12. The Kier molecular flexibility index (Phi) is 4.83. The summed E-state index contributed by atoms with van der Waals surface area (Å²) in [6, 6.07) is 8.72. The second kappa shape index (κ2) is 7.82. The topological polar surface area (TPSA) is 118 Å². The van der Waals surface area contributed by atoms with Crippen LogP contribution >= 0.6 is 11.3 Å². The molecule has 5 heterocycles. The van der Waals surface area contributed by atoms with Crippen molar-refractivity contribution < 1.29 is 4.79 Å². The number of hydrogen-bond donors (Lipinski definition) is 2. The first kappa shape index (κ1) is 19.8. The maximum Gasteiger partial charge on any atom is 0.267 e. The molecule has 0 aliphatic carbocycles. The Balaban J connectivity index is 1.80. The maximum absolute atomic E-state index is 13.3. The Labute approximate surface area is 185 Å². The summed E-state index contributed by atoms with van der Waals surface area (Å²) in [5, 5.41) is 13.9. The van der Waals surface area contributed by atoms with Crippen LogP contribution in [0.4, 0.5) is 5.13 Å². The van der Waals surface area contributed by atoms with Crippen LogP contribution in [0.1, 0.15) is 21.5 Å². The number of pyridine rings is 3. The summed E-state index contributed by atoms with van der Waals surface area (Å²) < 4.78 is 3.04. The Hall–Kier alpha value is -4.18. The highest BCUT2D eigenvalue weighted by Crippen LogP contribution is 2.16. The summed E-state index contributed by atoms with van der Waals surface area (Å²) in [4.78, 5) is 39.2. The Morgan fingerprint density at radius 1 is 1.19 bits per heavy atom. The Morgan fingerprint density at radius 2 is 2.00 bits per heavy atom. The molecule has 2 N–H and O–H groups in total. The van der Waals surface area contributed by atoms with E-state index in [0.717, 1.165) is 11.1 Å². The number of carbonyl (C=O) groups is 1. The van der Waals surface area contributed by atoms with Gasteiger partial charge in [-0.05, 0) is 42.3 Å². The first-order valence-corrected chi connectivity index (χ1v) is 10.6. The molecule has 0 unspecified atom stereocenters. The summed E-state index contributed by atoms with van der Waals surface area (Å²) in [5.74, 6) is -0.510. The van der Waals surface area contributed by atoms with E-state index in [1.807, 2.05) is 25.1 Å². The number of thiazole rings is 1. The SMILES string of the molecule is Cc1cccn2c(=O)c3cc(C(=O)Nc4nccs4)c(=N)n(Cc4ccncc4)c3nc12. The highest BCUT2D eigenvalue weighted by atomic mass is 32.1. The van der Waals surface area contributed by atoms with Gasteiger partial charge in [-0.25, -0.2) is 9.97 Å². The Morgan fingerprint density at radius 3 is 2.75 bits per heavy atom. The van der Waals surface area contributed by atoms with Gasteiger partial charge in [0.2, 0.25) is 0 Å². The molecular weight excluding hydrogens is 426 g/mol. The minimum Gasteiger partial charge on any atom is -0.306 e. The number of aryl methyl sites for hydroxylation is 1. The van der Waals surface area contributed by atoms with Crippen molar-refractivity contribution in [3.8, 4) is 0 Å². The molecule has 5 aromatic rings. The molecule has 0 fully saturated rings. The van der Waals surface area contributed by atoms with Crippen LogP contribution in [0.2, 0.25) is 0 Å². The van der Waals surface area contributed by atoms with E-state index in [9.17, 15) is 9.59 Å². The van der Waals surface area contributed by atoms with E-state index in [1.165, 1.54) is 21.8 Å². The lowest BCUT2D eigenvalue weighted by Crippen LogP contribution is -2.32. The molecule has 0 saturated heterocycles. The smallest absolute Gasteiger partial charge is 0.267 e. The molecule has 0 atom stereocenters. The average molecular weight is 443 g/mol. The molecular formula is C22H17N7O2S. The van der Waals surface area contributed by atoms with Crippen molar-refractivity contribution in [1.82, 2.24) is 23.9 Å². The van der Waals surface area contributed by atoms with Gasteiger partial charge in [0.05, 0.1) is 17.5 Å². The van der Waals surface area contributed by atoms with Crippen LogP contribution in [0.15, 0.2) is 65.3 Å². The van der Waals surface area contributed by atoms with Gasteiger partial charge in [-0.15, -0.1) is 11.3 Å². The van der Waals surface area contributed by atoms with E-state index in [-0.39, 0.29) is 28.5 Å². The van der Waals surface area contributed by atoms with Gasteiger partial charge in [-0.2, -0.15) is 0 Å². The van der Waals surface area contributed by atoms with E-state index < -0.39 is 5.91 Å². The van der Waals surface area contributed by atoms with Crippen LogP contribution < -0.4 is 16.4 Å². The molecule has 0 bridgehead atoms. The molecule has 0 saturated carbocycles. The van der Waals surface area contributed by atoms with Gasteiger partial charge in [-0.3, -0.25) is 29.7 Å². The van der Waals surface area contributed by atoms with Gasteiger partial charge in [-0.1, -0.05) is 6.07 Å². The zero-order valence-corrected chi connectivity index (χ0v) is 17.8. The second-order valence-electron chi connectivity index (χ2n) is 7.18. The largest absolute Gasteiger partial charge is 0.306 e. The van der Waals surface area contributed by atoms with E-state index in [0.29, 0.717) is 16.4 Å². The van der Waals surface area contributed by atoms with Crippen LogP contribution in [0.25, 0.3) is 16.7 Å². The number of anilines is 1. The van der Waals surface area contributed by atoms with Crippen molar-refractivity contribution in [2.45, 2.75) is 13.5 Å². The third kappa shape index (κ3) is 3.36. The fourth-order valence-electron chi connectivity index (χ4n) is 3.54. The normalized spacial score (nSPS) is 11.2. The number of aromatic nitrogens is 5.